The molecule has 1 fully saturated rings. The second-order valence-electron chi connectivity index (χ2n) is 8.13. The summed E-state index contributed by atoms with van der Waals surface area (Å²) in [6, 6.07) is 5.94. The fourth-order valence-electron chi connectivity index (χ4n) is 3.98. The molecule has 0 spiro atoms. The van der Waals surface area contributed by atoms with Crippen LogP contribution in [0.25, 0.3) is 22.6 Å². The van der Waals surface area contributed by atoms with Crippen LogP contribution in [0.2, 0.25) is 10.0 Å². The number of benzene rings is 1. The maximum Gasteiger partial charge on any atom is 0.251 e. The average Bonchev–Trinajstić information content (AvgIpc) is 3.47. The van der Waals surface area contributed by atoms with Crippen molar-refractivity contribution in [3.8, 4) is 11.4 Å². The predicted octanol–water partition coefficient (Wildman–Crippen LogP) is 3.34. The van der Waals surface area contributed by atoms with Crippen molar-refractivity contribution in [3.05, 3.63) is 64.4 Å². The van der Waals surface area contributed by atoms with Crippen molar-refractivity contribution in [2.45, 2.75) is 31.4 Å². The van der Waals surface area contributed by atoms with Crippen molar-refractivity contribution in [1.82, 2.24) is 29.8 Å². The fraction of sp³-hybridized carbons (Fsp3) is 0.261. The Labute approximate surface area is 214 Å². The standard InChI is InChI=1S/C23H20Cl2FN7O3/c1-27-23(35)19-16(34)6-17(36-19)33-10-30-18-21(29-8-11-4-13(24)2-3-15(11)26)31-20(32-22(18)33)12-5-14(25)9-28-7-12/h2-5,7,9-10,16-17,19,34H,6,8H2,1H3,(H,27,35)(H,29,31,32)/t16-,17+,19-/m0/s1. The zero-order valence-electron chi connectivity index (χ0n) is 18.8. The van der Waals surface area contributed by atoms with Crippen molar-refractivity contribution in [2.24, 2.45) is 0 Å². The minimum atomic E-state index is -1.03. The number of carbonyl (C=O) groups is 1. The Bertz CT molecular complexity index is 1450. The number of ether oxygens (including phenoxy) is 1. The van der Waals surface area contributed by atoms with E-state index in [0.717, 1.165) is 0 Å². The Kier molecular flexibility index (Phi) is 6.71. The Morgan fingerprint density at radius 2 is 2.08 bits per heavy atom. The molecule has 4 aromatic rings. The molecule has 1 aliphatic rings. The van der Waals surface area contributed by atoms with Gasteiger partial charge >= 0.3 is 0 Å². The molecule has 186 valence electrons. The van der Waals surface area contributed by atoms with Crippen molar-refractivity contribution in [2.75, 3.05) is 12.4 Å². The lowest BCUT2D eigenvalue weighted by atomic mass is 10.1. The van der Waals surface area contributed by atoms with Gasteiger partial charge in [0.15, 0.2) is 28.9 Å². The first-order valence-electron chi connectivity index (χ1n) is 10.9. The highest BCUT2D eigenvalue weighted by molar-refractivity contribution is 6.31. The topological polar surface area (TPSA) is 127 Å². The number of aliphatic hydroxyl groups is 1. The van der Waals surface area contributed by atoms with E-state index in [2.05, 4.69) is 30.6 Å². The van der Waals surface area contributed by atoms with Crippen LogP contribution in [-0.2, 0) is 16.1 Å². The molecule has 36 heavy (non-hydrogen) atoms. The molecule has 1 aliphatic heterocycles. The fourth-order valence-corrected chi connectivity index (χ4v) is 4.34. The first-order chi connectivity index (χ1) is 17.3. The van der Waals surface area contributed by atoms with E-state index in [9.17, 15) is 14.3 Å². The summed E-state index contributed by atoms with van der Waals surface area (Å²) in [6.07, 6.45) is 1.96. The maximum absolute atomic E-state index is 14.3. The van der Waals surface area contributed by atoms with E-state index in [1.807, 2.05) is 0 Å². The third kappa shape index (κ3) is 4.70. The van der Waals surface area contributed by atoms with Gasteiger partial charge in [-0.15, -0.1) is 0 Å². The molecule has 0 radical (unpaired) electrons. The number of pyridine rings is 1. The molecule has 1 aromatic carbocycles. The van der Waals surface area contributed by atoms with Crippen LogP contribution in [0.4, 0.5) is 10.2 Å². The van der Waals surface area contributed by atoms with Crippen LogP contribution in [0.3, 0.4) is 0 Å². The highest BCUT2D eigenvalue weighted by Gasteiger charge is 2.40. The summed E-state index contributed by atoms with van der Waals surface area (Å²) in [6.45, 7) is 0.0794. The van der Waals surface area contributed by atoms with Crippen LogP contribution in [0.1, 0.15) is 18.2 Å². The highest BCUT2D eigenvalue weighted by atomic mass is 35.5. The van der Waals surface area contributed by atoms with E-state index in [4.69, 9.17) is 27.9 Å². The number of anilines is 1. The maximum atomic E-state index is 14.3. The summed E-state index contributed by atoms with van der Waals surface area (Å²) in [5.41, 5.74) is 1.65. The molecule has 1 amide bonds. The molecule has 4 heterocycles. The first kappa shape index (κ1) is 24.3. The molecule has 1 saturated heterocycles. The Morgan fingerprint density at radius 3 is 2.86 bits per heavy atom. The summed E-state index contributed by atoms with van der Waals surface area (Å²) >= 11 is 12.2. The number of nitrogens with zero attached hydrogens (tertiary/aromatic N) is 5. The zero-order chi connectivity index (χ0) is 25.4. The lowest BCUT2D eigenvalue weighted by Gasteiger charge is -2.15. The van der Waals surface area contributed by atoms with Gasteiger partial charge in [-0.1, -0.05) is 23.2 Å². The molecule has 13 heteroatoms. The number of aromatic nitrogens is 5. The quantitative estimate of drug-likeness (QED) is 0.345. The summed E-state index contributed by atoms with van der Waals surface area (Å²) in [7, 11) is 1.47. The molecule has 5 rings (SSSR count). The Hall–Kier alpha value is -3.38. The number of hydrogen-bond donors (Lipinski definition) is 3. The van der Waals surface area contributed by atoms with Crippen LogP contribution in [-0.4, -0.2) is 54.8 Å². The van der Waals surface area contributed by atoms with Gasteiger partial charge in [-0.3, -0.25) is 14.3 Å². The molecule has 0 saturated carbocycles. The molecule has 3 aromatic heterocycles. The molecule has 0 aliphatic carbocycles. The number of aliphatic hydroxyl groups excluding tert-OH is 1. The Morgan fingerprint density at radius 1 is 1.25 bits per heavy atom. The van der Waals surface area contributed by atoms with Gasteiger partial charge in [0.2, 0.25) is 0 Å². The number of nitrogens with one attached hydrogen (secondary N) is 2. The van der Waals surface area contributed by atoms with Crippen LogP contribution in [0.5, 0.6) is 0 Å². The van der Waals surface area contributed by atoms with Crippen molar-refractivity contribution in [1.29, 1.82) is 0 Å². The summed E-state index contributed by atoms with van der Waals surface area (Å²) in [5, 5.41) is 16.8. The van der Waals surface area contributed by atoms with E-state index < -0.39 is 30.2 Å². The minimum Gasteiger partial charge on any atom is -0.390 e. The van der Waals surface area contributed by atoms with E-state index in [1.54, 1.807) is 16.8 Å². The first-order valence-corrected chi connectivity index (χ1v) is 11.7. The number of fused-ring (bicyclic) bond motifs is 1. The summed E-state index contributed by atoms with van der Waals surface area (Å²) in [4.78, 5) is 29.8. The van der Waals surface area contributed by atoms with E-state index in [0.29, 0.717) is 38.2 Å². The van der Waals surface area contributed by atoms with E-state index >= 15 is 0 Å². The predicted molar refractivity (Wildman–Crippen MR) is 131 cm³/mol. The van der Waals surface area contributed by atoms with Gasteiger partial charge < -0.3 is 20.5 Å². The molecule has 10 nitrogen and oxygen atoms in total. The number of imidazole rings is 1. The molecule has 0 bridgehead atoms. The zero-order valence-corrected chi connectivity index (χ0v) is 20.3. The van der Waals surface area contributed by atoms with Crippen LogP contribution >= 0.6 is 23.2 Å². The molecule has 0 unspecified atom stereocenters. The third-order valence-corrected chi connectivity index (χ3v) is 6.19. The molecular weight excluding hydrogens is 512 g/mol. The van der Waals surface area contributed by atoms with Gasteiger partial charge in [-0.05, 0) is 24.3 Å². The lowest BCUT2D eigenvalue weighted by molar-refractivity contribution is -0.137. The number of carbonyl (C=O) groups excluding carboxylic acids is 1. The molecular formula is C23H20Cl2FN7O3. The van der Waals surface area contributed by atoms with Crippen LogP contribution < -0.4 is 10.6 Å². The smallest absolute Gasteiger partial charge is 0.251 e. The number of likely N-dealkylation sites (N-methyl/N-ethyl adjacent to an activating group) is 1. The van der Waals surface area contributed by atoms with Gasteiger partial charge in [-0.2, -0.15) is 0 Å². The largest absolute Gasteiger partial charge is 0.390 e. The van der Waals surface area contributed by atoms with Gasteiger partial charge in [0.25, 0.3) is 5.91 Å². The molecule has 3 N–H and O–H groups in total. The highest BCUT2D eigenvalue weighted by Crippen LogP contribution is 2.33. The Balaban J connectivity index is 1.56. The van der Waals surface area contributed by atoms with Gasteiger partial charge in [-0.25, -0.2) is 19.3 Å². The van der Waals surface area contributed by atoms with Crippen molar-refractivity contribution >= 4 is 46.1 Å². The second-order valence-corrected chi connectivity index (χ2v) is 9.00. The van der Waals surface area contributed by atoms with Gasteiger partial charge in [0.05, 0.1) is 17.5 Å². The van der Waals surface area contributed by atoms with Crippen molar-refractivity contribution < 1.29 is 19.0 Å². The minimum absolute atomic E-state index is 0.0794. The van der Waals surface area contributed by atoms with E-state index in [1.165, 1.54) is 37.8 Å². The number of halogens is 3. The number of hydrogen-bond acceptors (Lipinski definition) is 8. The lowest BCUT2D eigenvalue weighted by Crippen LogP contribution is -2.38. The van der Waals surface area contributed by atoms with Crippen LogP contribution in [0, 0.1) is 5.82 Å². The SMILES string of the molecule is CNC(=O)[C@H]1O[C@@H](n2cnc3c(NCc4cc(Cl)ccc4F)nc(-c4cncc(Cl)c4)nc32)C[C@@H]1O. The van der Waals surface area contributed by atoms with E-state index in [-0.39, 0.29) is 18.8 Å². The molecule has 3 atom stereocenters. The normalized spacial score (nSPS) is 19.5. The summed E-state index contributed by atoms with van der Waals surface area (Å²) < 4.78 is 21.7. The van der Waals surface area contributed by atoms with Gasteiger partial charge in [0, 0.05) is 48.6 Å². The monoisotopic (exact) mass is 531 g/mol. The summed E-state index contributed by atoms with van der Waals surface area (Å²) in [5.74, 6) is -0.236. The second kappa shape index (κ2) is 9.94. The van der Waals surface area contributed by atoms with Crippen molar-refractivity contribution in [3.63, 3.8) is 0 Å². The van der Waals surface area contributed by atoms with Crippen LogP contribution in [0.15, 0.2) is 43.0 Å². The average molecular weight is 532 g/mol. The number of rotatable bonds is 6. The third-order valence-electron chi connectivity index (χ3n) is 5.75. The van der Waals surface area contributed by atoms with Gasteiger partial charge in [0.1, 0.15) is 12.0 Å². The number of amides is 1.